The number of nitrogens with zero attached hydrogens (tertiary/aromatic N) is 1. The Morgan fingerprint density at radius 3 is 2.05 bits per heavy atom. The van der Waals surface area contributed by atoms with Gasteiger partial charge in [-0.05, 0) is 63.5 Å². The number of aromatic amines is 1. The van der Waals surface area contributed by atoms with Crippen LogP contribution in [-0.4, -0.2) is 44.8 Å². The summed E-state index contributed by atoms with van der Waals surface area (Å²) in [6.07, 6.45) is 3.53. The van der Waals surface area contributed by atoms with Gasteiger partial charge in [-0.25, -0.2) is 9.78 Å². The average molecular weight is 549 g/mol. The van der Waals surface area contributed by atoms with Crippen molar-refractivity contribution in [2.24, 2.45) is 11.8 Å². The number of aliphatic hydroxyl groups excluding tert-OH is 1. The number of alkyl carbamates (subject to hydrolysis) is 1. The van der Waals surface area contributed by atoms with Crippen molar-refractivity contribution in [3.63, 3.8) is 0 Å². The largest absolute Gasteiger partial charge is 0.444 e. The summed E-state index contributed by atoms with van der Waals surface area (Å²) < 4.78 is 5.48. The number of carbonyl (C=O) groups is 2. The van der Waals surface area contributed by atoms with Gasteiger partial charge < -0.3 is 25.5 Å². The van der Waals surface area contributed by atoms with Crippen LogP contribution < -0.4 is 10.6 Å². The summed E-state index contributed by atoms with van der Waals surface area (Å²) >= 11 is 0. The number of hydrogen-bond donors (Lipinski definition) is 4. The van der Waals surface area contributed by atoms with Crippen LogP contribution in [0.4, 0.5) is 4.79 Å². The molecule has 0 saturated carbocycles. The minimum atomic E-state index is -1.00. The van der Waals surface area contributed by atoms with Crippen molar-refractivity contribution in [2.45, 2.75) is 84.1 Å². The van der Waals surface area contributed by atoms with Crippen LogP contribution in [0.5, 0.6) is 0 Å². The number of H-pyrrole nitrogens is 1. The normalized spacial score (nSPS) is 14.7. The van der Waals surface area contributed by atoms with Crippen LogP contribution in [-0.2, 0) is 22.4 Å². The topological polar surface area (TPSA) is 116 Å². The van der Waals surface area contributed by atoms with Gasteiger partial charge in [0.1, 0.15) is 11.4 Å². The van der Waals surface area contributed by atoms with Gasteiger partial charge in [0.15, 0.2) is 0 Å². The molecule has 1 heterocycles. The van der Waals surface area contributed by atoms with Gasteiger partial charge in [0, 0.05) is 18.3 Å². The van der Waals surface area contributed by atoms with Gasteiger partial charge in [0.05, 0.1) is 18.2 Å². The van der Waals surface area contributed by atoms with E-state index in [1.165, 1.54) is 0 Å². The molecule has 0 spiro atoms. The van der Waals surface area contributed by atoms with Crippen LogP contribution in [0.1, 0.15) is 70.5 Å². The van der Waals surface area contributed by atoms with E-state index < -0.39 is 29.8 Å². The van der Waals surface area contributed by atoms with E-state index in [2.05, 4.69) is 34.4 Å². The zero-order valence-corrected chi connectivity index (χ0v) is 24.3. The molecule has 0 unspecified atom stereocenters. The second kappa shape index (κ2) is 14.7. The second-order valence-corrected chi connectivity index (χ2v) is 11.8. The Bertz CT molecular complexity index is 1160. The number of imidazole rings is 1. The number of hydrogen-bond acceptors (Lipinski definition) is 5. The Kier molecular flexibility index (Phi) is 11.3. The Morgan fingerprint density at radius 2 is 1.52 bits per heavy atom. The van der Waals surface area contributed by atoms with Gasteiger partial charge >= 0.3 is 6.09 Å². The number of carbonyl (C=O) groups excluding carboxylic acids is 2. The molecule has 0 aliphatic rings. The van der Waals surface area contributed by atoms with Crippen molar-refractivity contribution < 1.29 is 19.4 Å². The second-order valence-electron chi connectivity index (χ2n) is 11.8. The van der Waals surface area contributed by atoms with Crippen LogP contribution in [0.25, 0.3) is 0 Å². The molecule has 0 saturated heterocycles. The van der Waals surface area contributed by atoms with Crippen molar-refractivity contribution in [1.82, 2.24) is 20.6 Å². The molecule has 0 aliphatic carbocycles. The lowest BCUT2D eigenvalue weighted by molar-refractivity contribution is -0.127. The van der Waals surface area contributed by atoms with E-state index in [9.17, 15) is 14.7 Å². The maximum Gasteiger partial charge on any atom is 0.407 e. The molecule has 0 fully saturated rings. The van der Waals surface area contributed by atoms with Gasteiger partial charge in [-0.3, -0.25) is 4.79 Å². The minimum Gasteiger partial charge on any atom is -0.444 e. The van der Waals surface area contributed by atoms with Crippen LogP contribution >= 0.6 is 0 Å². The fraction of sp³-hybridized carbons (Fsp3) is 0.469. The molecule has 3 aromatic rings. The predicted octanol–water partition coefficient (Wildman–Crippen LogP) is 5.36. The predicted molar refractivity (Wildman–Crippen MR) is 156 cm³/mol. The van der Waals surface area contributed by atoms with E-state index in [1.807, 2.05) is 60.7 Å². The molecule has 2 aromatic carbocycles. The SMILES string of the molecule is CC(C)C[C@H](NC(=O)[C@H](Cc1ccccc1)C[C@H](O)[C@H](Cc1ccccc1)NC(=O)OC(C)(C)C)c1ncc[nH]1. The average Bonchev–Trinajstić information content (AvgIpc) is 3.42. The highest BCUT2D eigenvalue weighted by Crippen LogP contribution is 2.23. The molecule has 0 bridgehead atoms. The maximum absolute atomic E-state index is 13.8. The fourth-order valence-corrected chi connectivity index (χ4v) is 4.72. The third-order valence-electron chi connectivity index (χ3n) is 6.56. The Morgan fingerprint density at radius 1 is 0.925 bits per heavy atom. The molecule has 1 aromatic heterocycles. The van der Waals surface area contributed by atoms with Gasteiger partial charge in [-0.2, -0.15) is 0 Å². The highest BCUT2D eigenvalue weighted by atomic mass is 16.6. The van der Waals surface area contributed by atoms with Crippen LogP contribution in [0.15, 0.2) is 73.1 Å². The Labute approximate surface area is 238 Å². The van der Waals surface area contributed by atoms with Gasteiger partial charge in [-0.15, -0.1) is 0 Å². The standard InChI is InChI=1S/C32H44N4O4/c1-22(2)18-27(29-33-16-17-34-29)35-30(38)25(19-23-12-8-6-9-13-23)21-28(37)26(20-24-14-10-7-11-15-24)36-31(39)40-32(3,4)5/h6-17,22,25-28,37H,18-21H2,1-5H3,(H,33,34)(H,35,38)(H,36,39)/t25-,26+,27+,28+/m1/s1. The van der Waals surface area contributed by atoms with E-state index >= 15 is 0 Å². The molecule has 4 atom stereocenters. The van der Waals surface area contributed by atoms with Gasteiger partial charge in [-0.1, -0.05) is 74.5 Å². The number of ether oxygens (including phenoxy) is 1. The molecule has 0 radical (unpaired) electrons. The van der Waals surface area contributed by atoms with Crippen LogP contribution in [0.3, 0.4) is 0 Å². The van der Waals surface area contributed by atoms with Crippen LogP contribution in [0.2, 0.25) is 0 Å². The number of nitrogens with one attached hydrogen (secondary N) is 3. The molecule has 8 nitrogen and oxygen atoms in total. The number of benzene rings is 2. The third-order valence-corrected chi connectivity index (χ3v) is 6.56. The minimum absolute atomic E-state index is 0.153. The Balaban J connectivity index is 1.83. The summed E-state index contributed by atoms with van der Waals surface area (Å²) in [5.74, 6) is 0.331. The quantitative estimate of drug-likeness (QED) is 0.230. The summed E-state index contributed by atoms with van der Waals surface area (Å²) in [6.45, 7) is 9.58. The van der Waals surface area contributed by atoms with Crippen molar-refractivity contribution in [3.8, 4) is 0 Å². The molecule has 0 aliphatic heterocycles. The summed E-state index contributed by atoms with van der Waals surface area (Å²) in [4.78, 5) is 34.0. The van der Waals surface area contributed by atoms with Gasteiger partial charge in [0.25, 0.3) is 0 Å². The van der Waals surface area contributed by atoms with Gasteiger partial charge in [0.2, 0.25) is 5.91 Å². The first kappa shape index (κ1) is 30.9. The summed E-state index contributed by atoms with van der Waals surface area (Å²) in [5, 5.41) is 17.6. The first-order chi connectivity index (χ1) is 19.0. The first-order valence-corrected chi connectivity index (χ1v) is 14.0. The first-order valence-electron chi connectivity index (χ1n) is 14.0. The lowest BCUT2D eigenvalue weighted by Gasteiger charge is -2.29. The summed E-state index contributed by atoms with van der Waals surface area (Å²) in [5.41, 5.74) is 1.27. The zero-order chi connectivity index (χ0) is 29.1. The number of rotatable bonds is 13. The van der Waals surface area contributed by atoms with Crippen molar-refractivity contribution in [1.29, 1.82) is 0 Å². The maximum atomic E-state index is 13.8. The Hall–Kier alpha value is -3.65. The molecule has 40 heavy (non-hydrogen) atoms. The monoisotopic (exact) mass is 548 g/mol. The molecule has 216 valence electrons. The summed E-state index contributed by atoms with van der Waals surface area (Å²) in [6, 6.07) is 18.5. The molecule has 3 rings (SSSR count). The number of amides is 2. The highest BCUT2D eigenvalue weighted by molar-refractivity contribution is 5.79. The number of aliphatic hydroxyl groups is 1. The van der Waals surface area contributed by atoms with E-state index in [-0.39, 0.29) is 18.4 Å². The van der Waals surface area contributed by atoms with Crippen molar-refractivity contribution in [3.05, 3.63) is 90.0 Å². The fourth-order valence-electron chi connectivity index (χ4n) is 4.72. The van der Waals surface area contributed by atoms with E-state index in [1.54, 1.807) is 33.2 Å². The third kappa shape index (κ3) is 10.5. The van der Waals surface area contributed by atoms with Crippen molar-refractivity contribution >= 4 is 12.0 Å². The molecule has 4 N–H and O–H groups in total. The van der Waals surface area contributed by atoms with E-state index in [4.69, 9.17) is 4.74 Å². The molecular weight excluding hydrogens is 504 g/mol. The van der Waals surface area contributed by atoms with E-state index in [0.717, 1.165) is 17.5 Å². The molecular formula is C32H44N4O4. The highest BCUT2D eigenvalue weighted by Gasteiger charge is 2.31. The lowest BCUT2D eigenvalue weighted by atomic mass is 9.88. The molecule has 8 heteroatoms. The lowest BCUT2D eigenvalue weighted by Crippen LogP contribution is -2.48. The zero-order valence-electron chi connectivity index (χ0n) is 24.3. The van der Waals surface area contributed by atoms with Crippen LogP contribution in [0, 0.1) is 11.8 Å². The number of aromatic nitrogens is 2. The smallest absolute Gasteiger partial charge is 0.407 e. The van der Waals surface area contributed by atoms with E-state index in [0.29, 0.717) is 24.6 Å². The summed E-state index contributed by atoms with van der Waals surface area (Å²) in [7, 11) is 0. The molecule has 2 amide bonds. The van der Waals surface area contributed by atoms with Crippen molar-refractivity contribution in [2.75, 3.05) is 0 Å².